The van der Waals surface area contributed by atoms with Crippen molar-refractivity contribution in [1.82, 2.24) is 0 Å². The maximum atomic E-state index is 10.8. The Kier molecular flexibility index (Phi) is 3.29. The molecule has 1 heterocycles. The second kappa shape index (κ2) is 4.26. The summed E-state index contributed by atoms with van der Waals surface area (Å²) >= 11 is 1.67. The van der Waals surface area contributed by atoms with Crippen LogP contribution >= 0.6 is 11.3 Å². The summed E-state index contributed by atoms with van der Waals surface area (Å²) in [6, 6.07) is 0. The summed E-state index contributed by atoms with van der Waals surface area (Å²) < 4.78 is 4.55. The van der Waals surface area contributed by atoms with Gasteiger partial charge in [-0.1, -0.05) is 0 Å². The van der Waals surface area contributed by atoms with Crippen molar-refractivity contribution in [2.75, 3.05) is 7.11 Å². The number of aryl methyl sites for hydroxylation is 2. The van der Waals surface area contributed by atoms with E-state index in [0.29, 0.717) is 6.42 Å². The molecule has 66 valence electrons. The van der Waals surface area contributed by atoms with Crippen molar-refractivity contribution in [1.29, 1.82) is 0 Å². The lowest BCUT2D eigenvalue weighted by Gasteiger charge is -1.98. The van der Waals surface area contributed by atoms with Crippen LogP contribution in [0.3, 0.4) is 0 Å². The van der Waals surface area contributed by atoms with E-state index in [4.69, 9.17) is 0 Å². The summed E-state index contributed by atoms with van der Waals surface area (Å²) in [4.78, 5) is 10.8. The summed E-state index contributed by atoms with van der Waals surface area (Å²) in [5.74, 6) is -0.138. The minimum atomic E-state index is -0.138. The van der Waals surface area contributed by atoms with Gasteiger partial charge in [0.15, 0.2) is 0 Å². The number of carbonyl (C=O) groups is 1. The molecule has 0 aliphatic carbocycles. The lowest BCUT2D eigenvalue weighted by Crippen LogP contribution is -2.01. The van der Waals surface area contributed by atoms with E-state index in [0.717, 1.165) is 6.42 Å². The Morgan fingerprint density at radius 2 is 2.33 bits per heavy atom. The second-order valence-corrected chi connectivity index (χ2v) is 3.40. The van der Waals surface area contributed by atoms with E-state index in [1.165, 1.54) is 18.2 Å². The highest BCUT2D eigenvalue weighted by Crippen LogP contribution is 2.15. The molecule has 2 nitrogen and oxygen atoms in total. The Bertz CT molecular complexity index is 265. The van der Waals surface area contributed by atoms with Crippen molar-refractivity contribution in [3.8, 4) is 0 Å². The van der Waals surface area contributed by atoms with Gasteiger partial charge in [-0.25, -0.2) is 0 Å². The smallest absolute Gasteiger partial charge is 0.305 e. The zero-order valence-corrected chi connectivity index (χ0v) is 8.11. The Balaban J connectivity index is 2.43. The van der Waals surface area contributed by atoms with Gasteiger partial charge in [0.25, 0.3) is 0 Å². The van der Waals surface area contributed by atoms with Gasteiger partial charge in [-0.05, 0) is 35.2 Å². The molecule has 0 aliphatic rings. The Morgan fingerprint density at radius 3 is 2.83 bits per heavy atom. The van der Waals surface area contributed by atoms with Crippen LogP contribution in [0, 0.1) is 6.92 Å². The molecular formula is C9H12O2S. The van der Waals surface area contributed by atoms with Crippen LogP contribution in [0.1, 0.15) is 17.5 Å². The fraction of sp³-hybridized carbons (Fsp3) is 0.444. The molecule has 12 heavy (non-hydrogen) atoms. The van der Waals surface area contributed by atoms with E-state index in [9.17, 15) is 4.79 Å². The number of carbonyl (C=O) groups excluding carboxylic acids is 1. The summed E-state index contributed by atoms with van der Waals surface area (Å²) in [7, 11) is 1.42. The normalized spacial score (nSPS) is 9.83. The van der Waals surface area contributed by atoms with Crippen molar-refractivity contribution >= 4 is 17.3 Å². The monoisotopic (exact) mass is 184 g/mol. The molecule has 0 saturated heterocycles. The van der Waals surface area contributed by atoms with E-state index < -0.39 is 0 Å². The van der Waals surface area contributed by atoms with Gasteiger partial charge in [-0.3, -0.25) is 4.79 Å². The molecule has 0 bridgehead atoms. The van der Waals surface area contributed by atoms with Crippen molar-refractivity contribution in [3.63, 3.8) is 0 Å². The molecule has 0 saturated carbocycles. The number of rotatable bonds is 3. The van der Waals surface area contributed by atoms with Gasteiger partial charge in [0.1, 0.15) is 0 Å². The molecule has 1 rings (SSSR count). The molecule has 0 spiro atoms. The number of hydrogen-bond acceptors (Lipinski definition) is 3. The van der Waals surface area contributed by atoms with Gasteiger partial charge in [0.05, 0.1) is 7.11 Å². The first-order valence-electron chi connectivity index (χ1n) is 3.82. The van der Waals surface area contributed by atoms with Crippen LogP contribution in [0.4, 0.5) is 0 Å². The predicted molar refractivity (Wildman–Crippen MR) is 49.4 cm³/mol. The molecular weight excluding hydrogens is 172 g/mol. The number of thiophene rings is 1. The van der Waals surface area contributed by atoms with E-state index in [-0.39, 0.29) is 5.97 Å². The van der Waals surface area contributed by atoms with E-state index in [1.54, 1.807) is 11.3 Å². The zero-order valence-electron chi connectivity index (χ0n) is 7.29. The molecule has 0 amide bonds. The standard InChI is InChI=1S/C9H12O2S/c1-7-5-12-6-8(7)3-4-9(10)11-2/h5-6H,3-4H2,1-2H3. The Morgan fingerprint density at radius 1 is 1.58 bits per heavy atom. The van der Waals surface area contributed by atoms with Crippen LogP contribution in [0.5, 0.6) is 0 Å². The lowest BCUT2D eigenvalue weighted by molar-refractivity contribution is -0.140. The van der Waals surface area contributed by atoms with Crippen molar-refractivity contribution in [2.45, 2.75) is 19.8 Å². The predicted octanol–water partition coefficient (Wildman–Crippen LogP) is 2.16. The highest BCUT2D eigenvalue weighted by Gasteiger charge is 2.03. The van der Waals surface area contributed by atoms with Crippen LogP contribution in [-0.4, -0.2) is 13.1 Å². The largest absolute Gasteiger partial charge is 0.469 e. The number of esters is 1. The number of methoxy groups -OCH3 is 1. The Labute approximate surface area is 76.2 Å². The first-order chi connectivity index (χ1) is 5.74. The molecule has 0 atom stereocenters. The van der Waals surface area contributed by atoms with Crippen LogP contribution in [-0.2, 0) is 16.0 Å². The average Bonchev–Trinajstić information content (AvgIpc) is 2.47. The third-order valence-corrected chi connectivity index (χ3v) is 2.70. The van der Waals surface area contributed by atoms with E-state index in [1.807, 2.05) is 0 Å². The Hall–Kier alpha value is -0.830. The number of hydrogen-bond donors (Lipinski definition) is 0. The average molecular weight is 184 g/mol. The molecule has 0 aromatic carbocycles. The first kappa shape index (κ1) is 9.26. The minimum Gasteiger partial charge on any atom is -0.469 e. The van der Waals surface area contributed by atoms with Gasteiger partial charge in [0, 0.05) is 6.42 Å². The van der Waals surface area contributed by atoms with Crippen molar-refractivity contribution < 1.29 is 9.53 Å². The van der Waals surface area contributed by atoms with Gasteiger partial charge in [-0.2, -0.15) is 11.3 Å². The highest BCUT2D eigenvalue weighted by atomic mass is 32.1. The van der Waals surface area contributed by atoms with Crippen LogP contribution in [0.15, 0.2) is 10.8 Å². The summed E-state index contributed by atoms with van der Waals surface area (Å²) in [6.07, 6.45) is 1.27. The topological polar surface area (TPSA) is 26.3 Å². The van der Waals surface area contributed by atoms with Crippen LogP contribution in [0.25, 0.3) is 0 Å². The summed E-state index contributed by atoms with van der Waals surface area (Å²) in [5.41, 5.74) is 2.52. The quantitative estimate of drug-likeness (QED) is 0.673. The molecule has 0 unspecified atom stereocenters. The molecule has 1 aromatic rings. The zero-order chi connectivity index (χ0) is 8.97. The minimum absolute atomic E-state index is 0.138. The van der Waals surface area contributed by atoms with Gasteiger partial charge in [-0.15, -0.1) is 0 Å². The van der Waals surface area contributed by atoms with Crippen molar-refractivity contribution in [3.05, 3.63) is 21.9 Å². The van der Waals surface area contributed by atoms with Crippen LogP contribution < -0.4 is 0 Å². The molecule has 0 fully saturated rings. The van der Waals surface area contributed by atoms with Gasteiger partial charge in [0.2, 0.25) is 0 Å². The fourth-order valence-corrected chi connectivity index (χ4v) is 1.87. The van der Waals surface area contributed by atoms with E-state index in [2.05, 4.69) is 22.4 Å². The molecule has 0 N–H and O–H groups in total. The molecule has 0 radical (unpaired) electrons. The SMILES string of the molecule is COC(=O)CCc1cscc1C. The molecule has 3 heteroatoms. The fourth-order valence-electron chi connectivity index (χ4n) is 0.982. The first-order valence-corrected chi connectivity index (χ1v) is 4.77. The van der Waals surface area contributed by atoms with Crippen LogP contribution in [0.2, 0.25) is 0 Å². The van der Waals surface area contributed by atoms with Gasteiger partial charge >= 0.3 is 5.97 Å². The third-order valence-electron chi connectivity index (χ3n) is 1.79. The second-order valence-electron chi connectivity index (χ2n) is 2.66. The third kappa shape index (κ3) is 2.34. The summed E-state index contributed by atoms with van der Waals surface area (Å²) in [5, 5.41) is 4.17. The summed E-state index contributed by atoms with van der Waals surface area (Å²) in [6.45, 7) is 2.06. The van der Waals surface area contributed by atoms with Gasteiger partial charge < -0.3 is 4.74 Å². The van der Waals surface area contributed by atoms with E-state index >= 15 is 0 Å². The lowest BCUT2D eigenvalue weighted by atomic mass is 10.1. The maximum absolute atomic E-state index is 10.8. The molecule has 0 aliphatic heterocycles. The molecule has 1 aromatic heterocycles. The van der Waals surface area contributed by atoms with Crippen molar-refractivity contribution in [2.24, 2.45) is 0 Å². The number of ether oxygens (including phenoxy) is 1. The highest BCUT2D eigenvalue weighted by molar-refractivity contribution is 7.08. The maximum Gasteiger partial charge on any atom is 0.305 e.